The second kappa shape index (κ2) is 8.33. The number of nitrogens with one attached hydrogen (secondary N) is 1. The van der Waals surface area contributed by atoms with E-state index in [4.69, 9.17) is 5.11 Å². The zero-order valence-corrected chi connectivity index (χ0v) is 18.2. The van der Waals surface area contributed by atoms with Crippen LogP contribution in [0.5, 0.6) is 0 Å². The van der Waals surface area contributed by atoms with Gasteiger partial charge in [0.25, 0.3) is 0 Å². The zero-order chi connectivity index (χ0) is 24.8. The number of carboxylic acid groups (broad SMARTS) is 1. The molecular weight excluding hydrogens is 466 g/mol. The maximum atomic E-state index is 14.2. The molecule has 1 aliphatic rings. The fourth-order valence-electron chi connectivity index (χ4n) is 4.05. The molecule has 2 N–H and O–H groups in total. The molecule has 2 aromatic heterocycles. The van der Waals surface area contributed by atoms with Crippen LogP contribution in [0.25, 0.3) is 33.5 Å². The fourth-order valence-corrected chi connectivity index (χ4v) is 4.05. The number of carboxylic acids is 1. The van der Waals surface area contributed by atoms with Crippen LogP contribution in [-0.4, -0.2) is 49.8 Å². The van der Waals surface area contributed by atoms with Crippen LogP contribution in [-0.2, 0) is 11.0 Å². The number of hydrogen-bond donors (Lipinski definition) is 2. The Hall–Kier alpha value is -4.02. The van der Waals surface area contributed by atoms with Gasteiger partial charge in [0, 0.05) is 49.5 Å². The Balaban J connectivity index is 1.31. The Morgan fingerprint density at radius 1 is 0.971 bits per heavy atom. The number of fused-ring (bicyclic) bond motifs is 1. The summed E-state index contributed by atoms with van der Waals surface area (Å²) in [5.41, 5.74) is 0.0526. The second-order valence-corrected chi connectivity index (χ2v) is 8.42. The quantitative estimate of drug-likeness (QED) is 0.391. The van der Waals surface area contributed by atoms with E-state index < -0.39 is 23.4 Å². The number of nitrogens with zero attached hydrogens (tertiary/aromatic N) is 4. The lowest BCUT2D eigenvalue weighted by molar-refractivity contribution is -0.152. The summed E-state index contributed by atoms with van der Waals surface area (Å²) >= 11 is 0. The molecule has 3 heterocycles. The average Bonchev–Trinajstić information content (AvgIpc) is 3.28. The first kappa shape index (κ1) is 22.8. The Morgan fingerprint density at radius 3 is 2.20 bits per heavy atom. The topological polar surface area (TPSA) is 95.0 Å². The maximum Gasteiger partial charge on any atom is 0.416 e. The lowest BCUT2D eigenvalue weighted by Crippen LogP contribution is -2.47. The zero-order valence-electron chi connectivity index (χ0n) is 18.2. The molecule has 11 heteroatoms. The maximum absolute atomic E-state index is 14.2. The number of rotatable bonds is 4. The molecule has 0 radical (unpaired) electrons. The molecule has 0 amide bonds. The van der Waals surface area contributed by atoms with Crippen molar-refractivity contribution in [3.63, 3.8) is 0 Å². The number of aromatic amines is 1. The van der Waals surface area contributed by atoms with Crippen molar-refractivity contribution in [1.29, 1.82) is 0 Å². The number of carbonyl (C=O) groups is 1. The lowest BCUT2D eigenvalue weighted by atomic mass is 9.94. The molecule has 0 saturated carbocycles. The summed E-state index contributed by atoms with van der Waals surface area (Å²) in [6, 6.07) is 10.6. The number of H-pyrrole nitrogens is 1. The molecule has 7 nitrogen and oxygen atoms in total. The average molecular weight is 485 g/mol. The van der Waals surface area contributed by atoms with E-state index in [2.05, 4.69) is 19.9 Å². The van der Waals surface area contributed by atoms with Crippen LogP contribution in [0, 0.1) is 0 Å². The highest BCUT2D eigenvalue weighted by Gasteiger charge is 2.42. The Morgan fingerprint density at radius 2 is 1.60 bits per heavy atom. The van der Waals surface area contributed by atoms with Crippen LogP contribution >= 0.6 is 0 Å². The van der Waals surface area contributed by atoms with Gasteiger partial charge in [0.05, 0.1) is 16.6 Å². The molecule has 4 aromatic rings. The number of benzene rings is 2. The summed E-state index contributed by atoms with van der Waals surface area (Å²) in [5, 5.41) is 9.01. The van der Waals surface area contributed by atoms with Crippen LogP contribution in [0.3, 0.4) is 0 Å². The third-order valence-electron chi connectivity index (χ3n) is 6.16. The molecule has 0 bridgehead atoms. The number of hydrogen-bond acceptors (Lipinski definition) is 5. The molecule has 1 saturated heterocycles. The van der Waals surface area contributed by atoms with Crippen LogP contribution in [0.2, 0.25) is 0 Å². The summed E-state index contributed by atoms with van der Waals surface area (Å²) in [5.74, 6) is -0.586. The summed E-state index contributed by atoms with van der Waals surface area (Å²) in [7, 11) is 0. The second-order valence-electron chi connectivity index (χ2n) is 8.42. The first-order chi connectivity index (χ1) is 16.6. The highest BCUT2D eigenvalue weighted by molar-refractivity contribution is 5.80. The van der Waals surface area contributed by atoms with E-state index in [-0.39, 0.29) is 25.9 Å². The van der Waals surface area contributed by atoms with Gasteiger partial charge in [-0.2, -0.15) is 13.2 Å². The van der Waals surface area contributed by atoms with Gasteiger partial charge in [-0.25, -0.2) is 24.1 Å². The van der Waals surface area contributed by atoms with Crippen molar-refractivity contribution in [1.82, 2.24) is 19.9 Å². The summed E-state index contributed by atoms with van der Waals surface area (Å²) in [6.07, 6.45) is -1.43. The van der Waals surface area contributed by atoms with Crippen molar-refractivity contribution in [2.75, 3.05) is 18.0 Å². The molecule has 1 fully saturated rings. The van der Waals surface area contributed by atoms with E-state index in [1.807, 2.05) is 12.1 Å². The predicted molar refractivity (Wildman–Crippen MR) is 120 cm³/mol. The van der Waals surface area contributed by atoms with Gasteiger partial charge in [-0.3, -0.25) is 0 Å². The number of aromatic nitrogens is 4. The van der Waals surface area contributed by atoms with Gasteiger partial charge in [-0.05, 0) is 23.8 Å². The Labute approximate surface area is 196 Å². The fraction of sp³-hybridized carbons (Fsp3) is 0.250. The van der Waals surface area contributed by atoms with E-state index in [9.17, 15) is 22.4 Å². The van der Waals surface area contributed by atoms with Crippen molar-refractivity contribution >= 4 is 23.0 Å². The Bertz CT molecular complexity index is 1380. The SMILES string of the molecule is O=C(O)C1(F)CCN(c2ncc(-c3ccc(-c4nc5ccc(C(F)(F)F)cc5[nH]4)cc3)cn2)CC1. The van der Waals surface area contributed by atoms with Crippen molar-refractivity contribution in [3.05, 3.63) is 60.4 Å². The van der Waals surface area contributed by atoms with E-state index in [1.54, 1.807) is 29.4 Å². The molecule has 0 atom stereocenters. The monoisotopic (exact) mass is 485 g/mol. The minimum Gasteiger partial charge on any atom is -0.479 e. The van der Waals surface area contributed by atoms with E-state index in [0.717, 1.165) is 23.3 Å². The van der Waals surface area contributed by atoms with Crippen LogP contribution < -0.4 is 4.90 Å². The number of alkyl halides is 4. The molecule has 5 rings (SSSR count). The van der Waals surface area contributed by atoms with Gasteiger partial charge in [-0.15, -0.1) is 0 Å². The highest BCUT2D eigenvalue weighted by atomic mass is 19.4. The van der Waals surface area contributed by atoms with Gasteiger partial charge in [0.15, 0.2) is 0 Å². The van der Waals surface area contributed by atoms with Gasteiger partial charge < -0.3 is 15.0 Å². The Kier molecular flexibility index (Phi) is 5.42. The molecule has 0 unspecified atom stereocenters. The predicted octanol–water partition coefficient (Wildman–Crippen LogP) is 5.10. The minimum atomic E-state index is -4.43. The lowest BCUT2D eigenvalue weighted by Gasteiger charge is -2.33. The van der Waals surface area contributed by atoms with E-state index in [1.165, 1.54) is 6.07 Å². The van der Waals surface area contributed by atoms with Crippen molar-refractivity contribution in [2.45, 2.75) is 24.7 Å². The normalized spacial score (nSPS) is 15.9. The third kappa shape index (κ3) is 4.41. The third-order valence-corrected chi connectivity index (χ3v) is 6.16. The van der Waals surface area contributed by atoms with Gasteiger partial charge >= 0.3 is 12.1 Å². The molecule has 0 spiro atoms. The first-order valence-corrected chi connectivity index (χ1v) is 10.8. The molecule has 1 aliphatic heterocycles. The standard InChI is InChI=1S/C24H19F4N5O2/c25-23(21(34)35)7-9-33(10-8-23)22-29-12-16(13-30-22)14-1-3-15(4-2-14)20-31-18-6-5-17(24(26,27)28)11-19(18)32-20/h1-6,11-13H,7-10H2,(H,31,32)(H,34,35). The number of imidazole rings is 1. The minimum absolute atomic E-state index is 0.131. The number of halogens is 4. The van der Waals surface area contributed by atoms with Crippen molar-refractivity contribution in [2.24, 2.45) is 0 Å². The smallest absolute Gasteiger partial charge is 0.416 e. The summed E-state index contributed by atoms with van der Waals surface area (Å²) < 4.78 is 53.1. The van der Waals surface area contributed by atoms with Crippen LogP contribution in [0.15, 0.2) is 54.9 Å². The largest absolute Gasteiger partial charge is 0.479 e. The van der Waals surface area contributed by atoms with Gasteiger partial charge in [0.1, 0.15) is 5.82 Å². The summed E-state index contributed by atoms with van der Waals surface area (Å²) in [6.45, 7) is 0.414. The molecule has 0 aliphatic carbocycles. The number of aliphatic carboxylic acids is 1. The summed E-state index contributed by atoms with van der Waals surface area (Å²) in [4.78, 5) is 28.8. The van der Waals surface area contributed by atoms with Crippen LogP contribution in [0.1, 0.15) is 18.4 Å². The number of anilines is 1. The van der Waals surface area contributed by atoms with Crippen molar-refractivity contribution < 1.29 is 27.5 Å². The van der Waals surface area contributed by atoms with E-state index >= 15 is 0 Å². The van der Waals surface area contributed by atoms with Crippen LogP contribution in [0.4, 0.5) is 23.5 Å². The first-order valence-electron chi connectivity index (χ1n) is 10.8. The van der Waals surface area contributed by atoms with E-state index in [0.29, 0.717) is 28.4 Å². The molecule has 35 heavy (non-hydrogen) atoms. The van der Waals surface area contributed by atoms with Gasteiger partial charge in [-0.1, -0.05) is 24.3 Å². The molecule has 2 aromatic carbocycles. The molecule has 180 valence electrons. The van der Waals surface area contributed by atoms with Gasteiger partial charge in [0.2, 0.25) is 11.6 Å². The molecular formula is C24H19F4N5O2. The highest BCUT2D eigenvalue weighted by Crippen LogP contribution is 2.32. The van der Waals surface area contributed by atoms with Crippen molar-refractivity contribution in [3.8, 4) is 22.5 Å². The number of piperidine rings is 1.